The fourth-order valence-corrected chi connectivity index (χ4v) is 2.19. The minimum atomic E-state index is -0.0660. The molecule has 2 rings (SSSR count). The maximum atomic E-state index is 12.3. The van der Waals surface area contributed by atoms with Crippen molar-refractivity contribution in [1.82, 2.24) is 0 Å². The molecule has 1 N–H and O–H groups in total. The van der Waals surface area contributed by atoms with Crippen LogP contribution in [-0.4, -0.2) is 5.91 Å². The molecular formula is C19H23NO. The molecule has 0 aliphatic rings. The third kappa shape index (κ3) is 3.94. The van der Waals surface area contributed by atoms with E-state index in [2.05, 4.69) is 39.1 Å². The second kappa shape index (κ2) is 6.13. The predicted octanol–water partition coefficient (Wildman–Crippen LogP) is 4.80. The molecule has 2 nitrogen and oxygen atoms in total. The van der Waals surface area contributed by atoms with Crippen molar-refractivity contribution in [2.45, 2.75) is 39.5 Å². The van der Waals surface area contributed by atoms with Crippen LogP contribution in [0.3, 0.4) is 0 Å². The van der Waals surface area contributed by atoms with Gasteiger partial charge in [0.1, 0.15) is 0 Å². The standard InChI is InChI=1S/C19H23NO/c1-5-14-7-6-8-17(13-14)20-18(21)15-9-11-16(12-10-15)19(2,3)4/h6-13H,5H2,1-4H3,(H,20,21). The maximum absolute atomic E-state index is 12.3. The first-order valence-corrected chi connectivity index (χ1v) is 7.41. The summed E-state index contributed by atoms with van der Waals surface area (Å²) in [5.74, 6) is -0.0660. The van der Waals surface area contributed by atoms with E-state index in [0.717, 1.165) is 12.1 Å². The van der Waals surface area contributed by atoms with Crippen LogP contribution in [0.2, 0.25) is 0 Å². The van der Waals surface area contributed by atoms with Gasteiger partial charge < -0.3 is 5.32 Å². The van der Waals surface area contributed by atoms with Gasteiger partial charge in [-0.1, -0.05) is 52.0 Å². The van der Waals surface area contributed by atoms with Crippen molar-refractivity contribution in [2.75, 3.05) is 5.32 Å². The molecule has 0 saturated carbocycles. The summed E-state index contributed by atoms with van der Waals surface area (Å²) in [6.07, 6.45) is 0.962. The van der Waals surface area contributed by atoms with Crippen LogP contribution in [0.15, 0.2) is 48.5 Å². The third-order valence-corrected chi connectivity index (χ3v) is 3.61. The Bertz CT molecular complexity index is 621. The molecule has 110 valence electrons. The van der Waals surface area contributed by atoms with Crippen LogP contribution in [0.1, 0.15) is 49.2 Å². The lowest BCUT2D eigenvalue weighted by Gasteiger charge is -2.19. The van der Waals surface area contributed by atoms with Crippen LogP contribution < -0.4 is 5.32 Å². The summed E-state index contributed by atoms with van der Waals surface area (Å²) >= 11 is 0. The van der Waals surface area contributed by atoms with Crippen molar-refractivity contribution in [3.63, 3.8) is 0 Å². The zero-order valence-electron chi connectivity index (χ0n) is 13.2. The van der Waals surface area contributed by atoms with Crippen molar-refractivity contribution >= 4 is 11.6 Å². The van der Waals surface area contributed by atoms with Crippen molar-refractivity contribution in [1.29, 1.82) is 0 Å². The van der Waals surface area contributed by atoms with Gasteiger partial charge in [0.05, 0.1) is 0 Å². The molecule has 0 unspecified atom stereocenters. The lowest BCUT2D eigenvalue weighted by molar-refractivity contribution is 0.102. The van der Waals surface area contributed by atoms with E-state index in [9.17, 15) is 4.79 Å². The Morgan fingerprint density at radius 3 is 2.29 bits per heavy atom. The monoisotopic (exact) mass is 281 g/mol. The predicted molar refractivity (Wildman–Crippen MR) is 88.9 cm³/mol. The van der Waals surface area contributed by atoms with Crippen LogP contribution in [0.5, 0.6) is 0 Å². The summed E-state index contributed by atoms with van der Waals surface area (Å²) in [6, 6.07) is 15.8. The first-order valence-electron chi connectivity index (χ1n) is 7.41. The fraction of sp³-hybridized carbons (Fsp3) is 0.316. The van der Waals surface area contributed by atoms with E-state index in [0.29, 0.717) is 5.56 Å². The van der Waals surface area contributed by atoms with Crippen molar-refractivity contribution in [3.8, 4) is 0 Å². The number of rotatable bonds is 3. The molecule has 0 fully saturated rings. The number of hydrogen-bond acceptors (Lipinski definition) is 1. The Morgan fingerprint density at radius 1 is 1.05 bits per heavy atom. The molecule has 0 aliphatic carbocycles. The molecule has 0 saturated heterocycles. The lowest BCUT2D eigenvalue weighted by atomic mass is 9.87. The normalized spacial score (nSPS) is 11.2. The molecule has 0 bridgehead atoms. The highest BCUT2D eigenvalue weighted by molar-refractivity contribution is 6.04. The van der Waals surface area contributed by atoms with Crippen LogP contribution in [0.4, 0.5) is 5.69 Å². The van der Waals surface area contributed by atoms with Gasteiger partial charge in [0.2, 0.25) is 0 Å². The second-order valence-electron chi connectivity index (χ2n) is 6.34. The largest absolute Gasteiger partial charge is 0.322 e. The molecule has 1 amide bonds. The number of aryl methyl sites for hydroxylation is 1. The van der Waals surface area contributed by atoms with Gasteiger partial charge in [-0.3, -0.25) is 4.79 Å². The first kappa shape index (κ1) is 15.3. The minimum absolute atomic E-state index is 0.0660. The smallest absolute Gasteiger partial charge is 0.255 e. The second-order valence-corrected chi connectivity index (χ2v) is 6.34. The van der Waals surface area contributed by atoms with Gasteiger partial charge in [-0.15, -0.1) is 0 Å². The Labute approximate surface area is 127 Å². The Morgan fingerprint density at radius 2 is 1.71 bits per heavy atom. The first-order chi connectivity index (χ1) is 9.90. The van der Waals surface area contributed by atoms with E-state index in [1.54, 1.807) is 0 Å². The molecule has 0 atom stereocenters. The zero-order chi connectivity index (χ0) is 15.5. The van der Waals surface area contributed by atoms with Gasteiger partial charge in [-0.25, -0.2) is 0 Å². The molecule has 2 aromatic carbocycles. The van der Waals surface area contributed by atoms with Gasteiger partial charge in [0.25, 0.3) is 5.91 Å². The fourth-order valence-electron chi connectivity index (χ4n) is 2.19. The average Bonchev–Trinajstić information content (AvgIpc) is 2.46. The van der Waals surface area contributed by atoms with E-state index in [1.165, 1.54) is 11.1 Å². The number of benzene rings is 2. The van der Waals surface area contributed by atoms with E-state index in [4.69, 9.17) is 0 Å². The Kier molecular flexibility index (Phi) is 4.46. The summed E-state index contributed by atoms with van der Waals surface area (Å²) in [5, 5.41) is 2.95. The molecule has 0 aliphatic heterocycles. The number of anilines is 1. The molecule has 0 spiro atoms. The van der Waals surface area contributed by atoms with E-state index in [1.807, 2.05) is 42.5 Å². The maximum Gasteiger partial charge on any atom is 0.255 e. The highest BCUT2D eigenvalue weighted by Crippen LogP contribution is 2.22. The number of amides is 1. The topological polar surface area (TPSA) is 29.1 Å². The van der Waals surface area contributed by atoms with Gasteiger partial charge in [-0.05, 0) is 47.2 Å². The van der Waals surface area contributed by atoms with Crippen molar-refractivity contribution in [2.24, 2.45) is 0 Å². The third-order valence-electron chi connectivity index (χ3n) is 3.61. The molecule has 2 heteroatoms. The Hall–Kier alpha value is -2.09. The van der Waals surface area contributed by atoms with E-state index in [-0.39, 0.29) is 11.3 Å². The van der Waals surface area contributed by atoms with Crippen LogP contribution >= 0.6 is 0 Å². The van der Waals surface area contributed by atoms with Crippen LogP contribution in [0, 0.1) is 0 Å². The van der Waals surface area contributed by atoms with Crippen LogP contribution in [-0.2, 0) is 11.8 Å². The zero-order valence-corrected chi connectivity index (χ0v) is 13.2. The Balaban J connectivity index is 2.13. The molecule has 0 aromatic heterocycles. The average molecular weight is 281 g/mol. The molecular weight excluding hydrogens is 258 g/mol. The number of carbonyl (C=O) groups is 1. The molecule has 0 radical (unpaired) electrons. The van der Waals surface area contributed by atoms with Gasteiger partial charge >= 0.3 is 0 Å². The summed E-state index contributed by atoms with van der Waals surface area (Å²) in [7, 11) is 0. The van der Waals surface area contributed by atoms with Crippen molar-refractivity contribution in [3.05, 3.63) is 65.2 Å². The molecule has 0 heterocycles. The number of hydrogen-bond donors (Lipinski definition) is 1. The summed E-state index contributed by atoms with van der Waals surface area (Å²) in [5.41, 5.74) is 4.08. The summed E-state index contributed by atoms with van der Waals surface area (Å²) in [4.78, 5) is 12.3. The van der Waals surface area contributed by atoms with Gasteiger partial charge in [-0.2, -0.15) is 0 Å². The highest BCUT2D eigenvalue weighted by Gasteiger charge is 2.14. The highest BCUT2D eigenvalue weighted by atomic mass is 16.1. The van der Waals surface area contributed by atoms with Crippen LogP contribution in [0.25, 0.3) is 0 Å². The molecule has 2 aromatic rings. The SMILES string of the molecule is CCc1cccc(NC(=O)c2ccc(C(C)(C)C)cc2)c1. The summed E-state index contributed by atoms with van der Waals surface area (Å²) in [6.45, 7) is 8.60. The van der Waals surface area contributed by atoms with Crippen molar-refractivity contribution < 1.29 is 4.79 Å². The van der Waals surface area contributed by atoms with E-state index < -0.39 is 0 Å². The number of carbonyl (C=O) groups excluding carboxylic acids is 1. The molecule has 21 heavy (non-hydrogen) atoms. The lowest BCUT2D eigenvalue weighted by Crippen LogP contribution is -2.14. The quantitative estimate of drug-likeness (QED) is 0.860. The summed E-state index contributed by atoms with van der Waals surface area (Å²) < 4.78 is 0. The number of nitrogens with one attached hydrogen (secondary N) is 1. The van der Waals surface area contributed by atoms with Gasteiger partial charge in [0.15, 0.2) is 0 Å². The van der Waals surface area contributed by atoms with E-state index >= 15 is 0 Å². The van der Waals surface area contributed by atoms with Gasteiger partial charge in [0, 0.05) is 11.3 Å². The minimum Gasteiger partial charge on any atom is -0.322 e.